The number of ether oxygens (including phenoxy) is 3. The van der Waals surface area contributed by atoms with E-state index in [1.165, 1.54) is 0 Å². The van der Waals surface area contributed by atoms with Gasteiger partial charge in [0.2, 0.25) is 0 Å². The molecule has 4 fully saturated rings. The highest BCUT2D eigenvalue weighted by atomic mass is 16.5. The highest BCUT2D eigenvalue weighted by Crippen LogP contribution is 2.75. The van der Waals surface area contributed by atoms with Gasteiger partial charge in [0.25, 0.3) is 0 Å². The predicted molar refractivity (Wildman–Crippen MR) is 181 cm³/mol. The van der Waals surface area contributed by atoms with Crippen molar-refractivity contribution in [3.8, 4) is 0 Å². The van der Waals surface area contributed by atoms with E-state index < -0.39 is 5.97 Å². The maximum atomic E-state index is 13.4. The van der Waals surface area contributed by atoms with E-state index in [9.17, 15) is 9.90 Å². The van der Waals surface area contributed by atoms with Gasteiger partial charge >= 0.3 is 5.97 Å². The molecular formula is C39H67NO5. The van der Waals surface area contributed by atoms with E-state index in [0.29, 0.717) is 42.8 Å². The molecule has 5 aliphatic rings. The summed E-state index contributed by atoms with van der Waals surface area (Å²) >= 11 is 0. The first-order valence-electron chi connectivity index (χ1n) is 18.1. The number of methoxy groups -OCH3 is 1. The van der Waals surface area contributed by atoms with Crippen LogP contribution in [0.2, 0.25) is 0 Å². The SMILES string of the molecule is CO[C@@H]1C[C@@]23COC[C@](C)([C@@H]2CC[C@H]2C3=CC[C@@]3(C)[C@H](C(=O)O)[C@@](C)([C@H](C)C(C)C)CC[C@]23C)[C@H]1OC[C@](C)(C(C)C)N(C)C. The van der Waals surface area contributed by atoms with E-state index >= 15 is 0 Å². The van der Waals surface area contributed by atoms with Crippen LogP contribution in [0, 0.1) is 62.6 Å². The van der Waals surface area contributed by atoms with Crippen LogP contribution in [0.5, 0.6) is 0 Å². The third kappa shape index (κ3) is 4.79. The van der Waals surface area contributed by atoms with Crippen LogP contribution in [-0.4, -0.2) is 74.7 Å². The van der Waals surface area contributed by atoms with Crippen LogP contribution in [-0.2, 0) is 19.0 Å². The minimum absolute atomic E-state index is 0.0113. The van der Waals surface area contributed by atoms with Crippen LogP contribution >= 0.6 is 0 Å². The van der Waals surface area contributed by atoms with Gasteiger partial charge in [0.1, 0.15) is 0 Å². The van der Waals surface area contributed by atoms with Crippen molar-refractivity contribution in [3.63, 3.8) is 0 Å². The summed E-state index contributed by atoms with van der Waals surface area (Å²) in [6.07, 6.45) is 8.53. The molecule has 0 amide bonds. The van der Waals surface area contributed by atoms with Crippen LogP contribution in [0.1, 0.15) is 108 Å². The monoisotopic (exact) mass is 630 g/mol. The molecule has 0 radical (unpaired) electrons. The molecule has 0 unspecified atom stereocenters. The number of nitrogens with zero attached hydrogens (tertiary/aromatic N) is 1. The summed E-state index contributed by atoms with van der Waals surface area (Å²) in [7, 11) is 6.19. The third-order valence-electron chi connectivity index (χ3n) is 16.2. The Bertz CT molecular complexity index is 1160. The molecule has 0 aromatic heterocycles. The summed E-state index contributed by atoms with van der Waals surface area (Å²) in [6, 6.07) is 0. The highest BCUT2D eigenvalue weighted by molar-refractivity contribution is 5.73. The number of fused-ring (bicyclic) bond motifs is 3. The molecule has 0 aromatic rings. The van der Waals surface area contributed by atoms with Gasteiger partial charge in [0.15, 0.2) is 0 Å². The van der Waals surface area contributed by atoms with Crippen LogP contribution in [0.25, 0.3) is 0 Å². The van der Waals surface area contributed by atoms with Gasteiger partial charge < -0.3 is 24.2 Å². The Hall–Kier alpha value is -0.950. The van der Waals surface area contributed by atoms with Gasteiger partial charge in [-0.25, -0.2) is 0 Å². The number of carboxylic acid groups (broad SMARTS) is 1. The van der Waals surface area contributed by atoms with Crippen molar-refractivity contribution in [2.24, 2.45) is 62.6 Å². The lowest BCUT2D eigenvalue weighted by molar-refractivity contribution is -0.271. The Labute approximate surface area is 275 Å². The first-order valence-corrected chi connectivity index (χ1v) is 18.1. The molecule has 1 saturated heterocycles. The average Bonchev–Trinajstić information content (AvgIpc) is 2.95. The molecule has 12 atom stereocenters. The van der Waals surface area contributed by atoms with Crippen molar-refractivity contribution < 1.29 is 24.1 Å². The third-order valence-corrected chi connectivity index (χ3v) is 16.2. The molecule has 0 spiro atoms. The smallest absolute Gasteiger partial charge is 0.307 e. The first-order chi connectivity index (χ1) is 20.8. The minimum atomic E-state index is -0.598. The van der Waals surface area contributed by atoms with Gasteiger partial charge in [-0.3, -0.25) is 4.79 Å². The quantitative estimate of drug-likeness (QED) is 0.261. The lowest BCUT2D eigenvalue weighted by Crippen LogP contribution is -2.70. The number of carbonyl (C=O) groups is 1. The van der Waals surface area contributed by atoms with E-state index in [-0.39, 0.29) is 50.7 Å². The van der Waals surface area contributed by atoms with Gasteiger partial charge in [-0.15, -0.1) is 0 Å². The molecular weight excluding hydrogens is 562 g/mol. The first kappa shape index (κ1) is 35.4. The summed E-state index contributed by atoms with van der Waals surface area (Å²) in [5.41, 5.74) is 0.629. The van der Waals surface area contributed by atoms with Crippen LogP contribution < -0.4 is 0 Å². The second kappa shape index (κ2) is 11.6. The molecule has 5 rings (SSSR count). The van der Waals surface area contributed by atoms with E-state index in [1.54, 1.807) is 5.57 Å². The summed E-state index contributed by atoms with van der Waals surface area (Å²) in [6.45, 7) is 25.3. The summed E-state index contributed by atoms with van der Waals surface area (Å²) in [5, 5.41) is 11.0. The van der Waals surface area contributed by atoms with Crippen molar-refractivity contribution >= 4 is 5.97 Å². The zero-order valence-electron chi connectivity index (χ0n) is 31.1. The van der Waals surface area contributed by atoms with Crippen LogP contribution in [0.3, 0.4) is 0 Å². The predicted octanol–water partition coefficient (Wildman–Crippen LogP) is 7.95. The molecule has 6 nitrogen and oxygen atoms in total. The van der Waals surface area contributed by atoms with Gasteiger partial charge in [0, 0.05) is 23.5 Å². The fraction of sp³-hybridized carbons (Fsp3) is 0.923. The highest BCUT2D eigenvalue weighted by Gasteiger charge is 2.71. The molecule has 1 N–H and O–H groups in total. The number of likely N-dealkylation sites (N-methyl/N-ethyl adjacent to an activating group) is 1. The standard InChI is InChI=1S/C39H67NO5/c1-24(2)26(5)34(6)18-19-36(8)27-14-15-30-35(7)21-44-23-39(30,28(27)16-17-37(36,9)31(34)33(41)42)20-29(43-13)32(35)45-22-38(10,25(3)4)40(11)12/h16,24-27,29-32H,14-15,17-23H2,1-13H3,(H,41,42)/t26-,27+,29-,30+,31-,32+,34-,35-,36-,37+,38-,39+/m1/s1. The van der Waals surface area contributed by atoms with Crippen molar-refractivity contribution in [1.29, 1.82) is 0 Å². The molecule has 0 aromatic carbocycles. The van der Waals surface area contributed by atoms with Crippen LogP contribution in [0.4, 0.5) is 0 Å². The minimum Gasteiger partial charge on any atom is -0.481 e. The Balaban J connectivity index is 1.54. The van der Waals surface area contributed by atoms with Crippen molar-refractivity contribution in [2.75, 3.05) is 41.0 Å². The van der Waals surface area contributed by atoms with Gasteiger partial charge in [-0.05, 0) is 105 Å². The lowest BCUT2D eigenvalue weighted by Gasteiger charge is -2.71. The second-order valence-corrected chi connectivity index (χ2v) is 18.5. The van der Waals surface area contributed by atoms with Gasteiger partial charge in [-0.2, -0.15) is 0 Å². The Morgan fingerprint density at radius 3 is 2.29 bits per heavy atom. The molecule has 258 valence electrons. The lowest BCUT2D eigenvalue weighted by atomic mass is 9.34. The maximum absolute atomic E-state index is 13.4. The molecule has 4 aliphatic carbocycles. The van der Waals surface area contributed by atoms with Crippen molar-refractivity contribution in [3.05, 3.63) is 11.6 Å². The zero-order valence-corrected chi connectivity index (χ0v) is 31.1. The van der Waals surface area contributed by atoms with E-state index in [4.69, 9.17) is 14.2 Å². The number of allylic oxidation sites excluding steroid dienone is 1. The number of aliphatic carboxylic acids is 1. The van der Waals surface area contributed by atoms with Crippen molar-refractivity contribution in [1.82, 2.24) is 4.90 Å². The number of hydrogen-bond donors (Lipinski definition) is 1. The number of rotatable bonds is 9. The van der Waals surface area contributed by atoms with Crippen LogP contribution in [0.15, 0.2) is 11.6 Å². The molecule has 1 aliphatic heterocycles. The normalized spacial score (nSPS) is 46.6. The molecule has 3 saturated carbocycles. The molecule has 2 bridgehead atoms. The Morgan fingerprint density at radius 2 is 1.73 bits per heavy atom. The average molecular weight is 630 g/mol. The summed E-state index contributed by atoms with van der Waals surface area (Å²) < 4.78 is 20.1. The topological polar surface area (TPSA) is 68.2 Å². The Morgan fingerprint density at radius 1 is 1.07 bits per heavy atom. The van der Waals surface area contributed by atoms with E-state index in [2.05, 4.69) is 94.3 Å². The zero-order chi connectivity index (χ0) is 33.5. The van der Waals surface area contributed by atoms with Gasteiger partial charge in [-0.1, -0.05) is 74.0 Å². The molecule has 45 heavy (non-hydrogen) atoms. The van der Waals surface area contributed by atoms with Gasteiger partial charge in [0.05, 0.1) is 37.9 Å². The Kier molecular flexibility index (Phi) is 9.11. The fourth-order valence-corrected chi connectivity index (χ4v) is 12.2. The van der Waals surface area contributed by atoms with Crippen molar-refractivity contribution in [2.45, 2.75) is 126 Å². The number of hydrogen-bond acceptors (Lipinski definition) is 5. The molecule has 1 heterocycles. The summed E-state index contributed by atoms with van der Waals surface area (Å²) in [4.78, 5) is 15.7. The number of carboxylic acids is 1. The second-order valence-electron chi connectivity index (χ2n) is 18.5. The summed E-state index contributed by atoms with van der Waals surface area (Å²) in [5.74, 6) is 1.09. The van der Waals surface area contributed by atoms with E-state index in [0.717, 1.165) is 45.1 Å². The molecule has 6 heteroatoms. The fourth-order valence-electron chi connectivity index (χ4n) is 12.2. The maximum Gasteiger partial charge on any atom is 0.307 e. The van der Waals surface area contributed by atoms with E-state index in [1.807, 2.05) is 7.11 Å². The largest absolute Gasteiger partial charge is 0.481 e.